The smallest absolute Gasteiger partial charge is 0.410 e. The second-order valence-electron chi connectivity index (χ2n) is 3.77. The molecular formula is C9H9N5O2. The Morgan fingerprint density at radius 1 is 1.56 bits per heavy atom. The van der Waals surface area contributed by atoms with Crippen molar-refractivity contribution in [2.45, 2.75) is 18.8 Å². The summed E-state index contributed by atoms with van der Waals surface area (Å²) in [6.45, 7) is 0. The molecule has 7 nitrogen and oxygen atoms in total. The fraction of sp³-hybridized carbons (Fsp3) is 0.333. The third kappa shape index (κ3) is 1.46. The van der Waals surface area contributed by atoms with Crippen molar-refractivity contribution in [2.75, 3.05) is 5.32 Å². The first-order chi connectivity index (χ1) is 7.74. The molecule has 2 aromatic heterocycles. The van der Waals surface area contributed by atoms with Crippen molar-refractivity contribution in [2.24, 2.45) is 0 Å². The number of anilines is 1. The van der Waals surface area contributed by atoms with Crippen LogP contribution in [0, 0.1) is 0 Å². The number of H-pyrrole nitrogens is 1. The maximum atomic E-state index is 10.5. The molecule has 0 radical (unpaired) electrons. The Morgan fingerprint density at radius 2 is 2.38 bits per heavy atom. The topological polar surface area (TPSA) is 104 Å². The van der Waals surface area contributed by atoms with Gasteiger partial charge < -0.3 is 5.11 Å². The molecule has 0 unspecified atom stereocenters. The molecule has 1 aliphatic rings. The minimum absolute atomic E-state index is 0.192. The van der Waals surface area contributed by atoms with Gasteiger partial charge in [0.05, 0.1) is 5.69 Å². The lowest BCUT2D eigenvalue weighted by Crippen LogP contribution is -2.08. The Kier molecular flexibility index (Phi) is 1.79. The number of hydrogen-bond acceptors (Lipinski definition) is 4. The fourth-order valence-corrected chi connectivity index (χ4v) is 1.58. The molecular weight excluding hydrogens is 210 g/mol. The first-order valence-electron chi connectivity index (χ1n) is 4.95. The molecule has 0 saturated heterocycles. The highest BCUT2D eigenvalue weighted by Crippen LogP contribution is 2.39. The molecule has 1 aliphatic carbocycles. The Hall–Kier alpha value is -2.18. The molecule has 0 aliphatic heterocycles. The second-order valence-corrected chi connectivity index (χ2v) is 3.77. The average molecular weight is 219 g/mol. The minimum Gasteiger partial charge on any atom is -0.465 e. The lowest BCUT2D eigenvalue weighted by Gasteiger charge is -1.97. The molecule has 1 saturated carbocycles. The first-order valence-corrected chi connectivity index (χ1v) is 4.95. The lowest BCUT2D eigenvalue weighted by atomic mass is 10.3. The van der Waals surface area contributed by atoms with E-state index in [0.717, 1.165) is 18.5 Å². The Morgan fingerprint density at radius 3 is 3.06 bits per heavy atom. The summed E-state index contributed by atoms with van der Waals surface area (Å²) < 4.78 is 0. The van der Waals surface area contributed by atoms with Crippen LogP contribution in [0.4, 0.5) is 10.6 Å². The van der Waals surface area contributed by atoms with E-state index in [0.29, 0.717) is 17.1 Å². The average Bonchev–Trinajstić information content (AvgIpc) is 3.02. The summed E-state index contributed by atoms with van der Waals surface area (Å²) in [7, 11) is 0. The van der Waals surface area contributed by atoms with Crippen molar-refractivity contribution in [3.63, 3.8) is 0 Å². The minimum atomic E-state index is -1.17. The molecule has 1 amide bonds. The number of rotatable bonds is 2. The van der Waals surface area contributed by atoms with E-state index in [1.54, 1.807) is 6.20 Å². The van der Waals surface area contributed by atoms with Gasteiger partial charge in [0.2, 0.25) is 0 Å². The molecule has 3 rings (SSSR count). The van der Waals surface area contributed by atoms with E-state index in [1.165, 1.54) is 0 Å². The summed E-state index contributed by atoms with van der Waals surface area (Å²) in [6, 6.07) is 0. The van der Waals surface area contributed by atoms with Gasteiger partial charge in [-0.1, -0.05) is 0 Å². The largest absolute Gasteiger partial charge is 0.465 e. The quantitative estimate of drug-likeness (QED) is 0.706. The van der Waals surface area contributed by atoms with Crippen LogP contribution in [0.3, 0.4) is 0 Å². The Bertz CT molecular complexity index is 560. The molecule has 0 atom stereocenters. The van der Waals surface area contributed by atoms with Crippen LogP contribution in [0.15, 0.2) is 6.20 Å². The zero-order valence-electron chi connectivity index (χ0n) is 8.27. The summed E-state index contributed by atoms with van der Waals surface area (Å²) in [4.78, 5) is 19.0. The van der Waals surface area contributed by atoms with Gasteiger partial charge in [-0.25, -0.2) is 14.8 Å². The van der Waals surface area contributed by atoms with Crippen molar-refractivity contribution >= 4 is 23.1 Å². The van der Waals surface area contributed by atoms with E-state index in [-0.39, 0.29) is 5.82 Å². The molecule has 0 spiro atoms. The molecule has 16 heavy (non-hydrogen) atoms. The molecule has 2 heterocycles. The van der Waals surface area contributed by atoms with Crippen LogP contribution in [-0.4, -0.2) is 31.4 Å². The predicted octanol–water partition coefficient (Wildman–Crippen LogP) is 1.32. The zero-order chi connectivity index (χ0) is 11.1. The Balaban J connectivity index is 2.03. The van der Waals surface area contributed by atoms with Crippen LogP contribution in [0.2, 0.25) is 0 Å². The zero-order valence-corrected chi connectivity index (χ0v) is 8.27. The van der Waals surface area contributed by atoms with Crippen LogP contribution in [-0.2, 0) is 0 Å². The number of aromatic nitrogens is 4. The van der Waals surface area contributed by atoms with Crippen molar-refractivity contribution in [1.29, 1.82) is 0 Å². The fourth-order valence-electron chi connectivity index (χ4n) is 1.58. The van der Waals surface area contributed by atoms with E-state index in [9.17, 15) is 4.79 Å². The third-order valence-electron chi connectivity index (χ3n) is 2.51. The third-order valence-corrected chi connectivity index (χ3v) is 2.51. The van der Waals surface area contributed by atoms with Crippen molar-refractivity contribution in [1.82, 2.24) is 20.2 Å². The summed E-state index contributed by atoms with van der Waals surface area (Å²) in [5, 5.41) is 17.2. The first kappa shape index (κ1) is 9.08. The highest BCUT2D eigenvalue weighted by Gasteiger charge is 2.26. The van der Waals surface area contributed by atoms with Crippen LogP contribution in [0.25, 0.3) is 11.2 Å². The van der Waals surface area contributed by atoms with E-state index >= 15 is 0 Å². The molecule has 82 valence electrons. The van der Waals surface area contributed by atoms with Crippen LogP contribution in [0.5, 0.6) is 0 Å². The number of carboxylic acid groups (broad SMARTS) is 1. The molecule has 0 aromatic carbocycles. The van der Waals surface area contributed by atoms with Gasteiger partial charge in [0, 0.05) is 12.1 Å². The highest BCUT2D eigenvalue weighted by atomic mass is 16.4. The molecule has 7 heteroatoms. The van der Waals surface area contributed by atoms with Crippen molar-refractivity contribution < 1.29 is 9.90 Å². The van der Waals surface area contributed by atoms with Gasteiger partial charge in [0.1, 0.15) is 0 Å². The van der Waals surface area contributed by atoms with Gasteiger partial charge >= 0.3 is 6.09 Å². The Labute approximate surface area is 89.9 Å². The normalized spacial score (nSPS) is 15.2. The van der Waals surface area contributed by atoms with Gasteiger partial charge in [0.25, 0.3) is 0 Å². The lowest BCUT2D eigenvalue weighted by molar-refractivity contribution is 0.209. The van der Waals surface area contributed by atoms with Gasteiger partial charge in [-0.05, 0) is 12.8 Å². The van der Waals surface area contributed by atoms with E-state index < -0.39 is 6.09 Å². The summed E-state index contributed by atoms with van der Waals surface area (Å²) >= 11 is 0. The number of aromatic amines is 1. The van der Waals surface area contributed by atoms with Gasteiger partial charge in [-0.3, -0.25) is 10.4 Å². The number of nitrogens with one attached hydrogen (secondary N) is 2. The number of fused-ring (bicyclic) bond motifs is 1. The van der Waals surface area contributed by atoms with Crippen LogP contribution >= 0.6 is 0 Å². The number of nitrogens with zero attached hydrogens (tertiary/aromatic N) is 3. The monoisotopic (exact) mass is 219 g/mol. The predicted molar refractivity (Wildman–Crippen MR) is 55.3 cm³/mol. The van der Waals surface area contributed by atoms with E-state index in [4.69, 9.17) is 5.11 Å². The number of hydrogen-bond donors (Lipinski definition) is 3. The van der Waals surface area contributed by atoms with Gasteiger partial charge in [-0.2, -0.15) is 5.10 Å². The van der Waals surface area contributed by atoms with E-state index in [1.807, 2.05) is 0 Å². The maximum Gasteiger partial charge on any atom is 0.410 e. The van der Waals surface area contributed by atoms with Crippen LogP contribution < -0.4 is 5.32 Å². The maximum absolute atomic E-state index is 10.5. The molecule has 1 fully saturated rings. The second kappa shape index (κ2) is 3.16. The SMILES string of the molecule is O=C(O)Nc1n[nH]c2nc(C3CC3)cnc12. The number of carbonyl (C=O) groups is 1. The molecule has 2 aromatic rings. The summed E-state index contributed by atoms with van der Waals surface area (Å²) in [5.74, 6) is 0.702. The highest BCUT2D eigenvalue weighted by molar-refractivity contribution is 5.92. The van der Waals surface area contributed by atoms with E-state index in [2.05, 4.69) is 25.5 Å². The molecule has 0 bridgehead atoms. The van der Waals surface area contributed by atoms with Gasteiger partial charge in [0.15, 0.2) is 17.0 Å². The standard InChI is InChI=1S/C9H9N5O2/c15-9(16)12-8-6-7(13-14-8)11-5(3-10-6)4-1-2-4/h3-4H,1-2H2,(H,15,16)(H2,11,12,13,14). The van der Waals surface area contributed by atoms with Crippen molar-refractivity contribution in [3.05, 3.63) is 11.9 Å². The van der Waals surface area contributed by atoms with Crippen LogP contribution in [0.1, 0.15) is 24.5 Å². The van der Waals surface area contributed by atoms with Crippen molar-refractivity contribution in [3.8, 4) is 0 Å². The summed E-state index contributed by atoms with van der Waals surface area (Å²) in [5.41, 5.74) is 1.91. The number of amides is 1. The summed E-state index contributed by atoms with van der Waals surface area (Å²) in [6.07, 6.45) is 2.81. The van der Waals surface area contributed by atoms with Gasteiger partial charge in [-0.15, -0.1) is 0 Å². The molecule has 3 N–H and O–H groups in total.